The van der Waals surface area contributed by atoms with E-state index in [9.17, 15) is 30.0 Å². The van der Waals surface area contributed by atoms with Gasteiger partial charge in [-0.25, -0.2) is 9.59 Å². The predicted octanol–water partition coefficient (Wildman–Crippen LogP) is 9.68. The Kier molecular flexibility index (Phi) is 13.2. The third-order valence-electron chi connectivity index (χ3n) is 8.32. The van der Waals surface area contributed by atoms with Gasteiger partial charge in [-0.3, -0.25) is 0 Å². The maximum atomic E-state index is 12.6. The number of rotatable bonds is 8. The Labute approximate surface area is 305 Å². The van der Waals surface area contributed by atoms with Crippen molar-refractivity contribution >= 4 is 11.9 Å². The quantitative estimate of drug-likeness (QED) is 0.175. The van der Waals surface area contributed by atoms with Crippen LogP contribution in [0.5, 0.6) is 11.5 Å². The van der Waals surface area contributed by atoms with Crippen molar-refractivity contribution in [1.82, 2.24) is 0 Å². The second-order valence-corrected chi connectivity index (χ2v) is 16.4. The van der Waals surface area contributed by atoms with E-state index in [2.05, 4.69) is 69.2 Å². The molecular formula is C42H50O6Zn. The predicted molar refractivity (Wildman–Crippen MR) is 191 cm³/mol. The fourth-order valence-electron chi connectivity index (χ4n) is 6.88. The summed E-state index contributed by atoms with van der Waals surface area (Å²) in [6, 6.07) is 25.3. The topological polar surface area (TPSA) is 121 Å². The molecule has 0 atom stereocenters. The molecule has 7 heteroatoms. The average Bonchev–Trinajstić information content (AvgIpc) is 2.95. The molecule has 4 rings (SSSR count). The standard InChI is InChI=1S/2C21H26O3.Zn/c2*1-20(2,3)13-21(4,5)15-11-16(14-9-7-6-8-10-14)18(22)17(12-15)19(23)24;/h2*6-12,22H,13H2,1-5H3,(H,23,24);/q;;+2/p-2. The van der Waals surface area contributed by atoms with Crippen LogP contribution in [-0.4, -0.2) is 22.2 Å². The van der Waals surface area contributed by atoms with E-state index >= 15 is 0 Å². The first-order valence-electron chi connectivity index (χ1n) is 16.3. The zero-order chi connectivity index (χ0) is 36.2. The Balaban J connectivity index is 0.000000333. The molecule has 49 heavy (non-hydrogen) atoms. The maximum Gasteiger partial charge on any atom is 2.00 e. The number of benzene rings is 4. The van der Waals surface area contributed by atoms with Gasteiger partial charge in [0.2, 0.25) is 0 Å². The summed E-state index contributed by atoms with van der Waals surface area (Å²) in [6.45, 7) is 21.3. The van der Waals surface area contributed by atoms with Gasteiger partial charge in [-0.05, 0) is 80.0 Å². The van der Waals surface area contributed by atoms with Crippen LogP contribution in [0.25, 0.3) is 22.3 Å². The molecule has 0 aromatic heterocycles. The van der Waals surface area contributed by atoms with E-state index in [1.807, 2.05) is 72.8 Å². The van der Waals surface area contributed by atoms with E-state index in [-0.39, 0.29) is 52.3 Å². The van der Waals surface area contributed by atoms with Crippen molar-refractivity contribution in [3.63, 3.8) is 0 Å². The van der Waals surface area contributed by atoms with E-state index in [4.69, 9.17) is 0 Å². The largest absolute Gasteiger partial charge is 2.00 e. The molecule has 4 aromatic rings. The Bertz CT molecular complexity index is 1610. The van der Waals surface area contributed by atoms with E-state index in [0.717, 1.165) is 35.1 Å². The van der Waals surface area contributed by atoms with Gasteiger partial charge in [0.25, 0.3) is 0 Å². The van der Waals surface area contributed by atoms with Gasteiger partial charge in [-0.15, -0.1) is 0 Å². The molecular weight excluding hydrogens is 666 g/mol. The summed E-state index contributed by atoms with van der Waals surface area (Å²) in [5.74, 6) is -3.20. The van der Waals surface area contributed by atoms with Crippen molar-refractivity contribution < 1.29 is 49.5 Å². The molecule has 0 bridgehead atoms. The molecule has 0 fully saturated rings. The summed E-state index contributed by atoms with van der Waals surface area (Å²) in [5, 5.41) is 44.1. The fraction of sp³-hybridized carbons (Fsp3) is 0.381. The summed E-state index contributed by atoms with van der Waals surface area (Å²) in [5.41, 5.74) is 3.56. The van der Waals surface area contributed by atoms with Crippen LogP contribution in [0.15, 0.2) is 84.9 Å². The molecule has 0 spiro atoms. The van der Waals surface area contributed by atoms with Crippen LogP contribution in [0.2, 0.25) is 0 Å². The molecule has 0 saturated carbocycles. The summed E-state index contributed by atoms with van der Waals surface area (Å²) in [4.78, 5) is 23.1. The molecule has 2 N–H and O–H groups in total. The maximum absolute atomic E-state index is 12.6. The monoisotopic (exact) mass is 714 g/mol. The Morgan fingerprint density at radius 3 is 1.06 bits per heavy atom. The zero-order valence-corrected chi connectivity index (χ0v) is 33.7. The van der Waals surface area contributed by atoms with Crippen LogP contribution < -0.4 is 10.2 Å². The molecule has 0 saturated heterocycles. The molecule has 0 aliphatic rings. The van der Waals surface area contributed by atoms with E-state index in [0.29, 0.717) is 11.1 Å². The third-order valence-corrected chi connectivity index (χ3v) is 8.32. The summed E-state index contributed by atoms with van der Waals surface area (Å²) in [7, 11) is 0. The second-order valence-electron chi connectivity index (χ2n) is 16.4. The van der Waals surface area contributed by atoms with Crippen LogP contribution >= 0.6 is 0 Å². The SMILES string of the molecule is CC(C)(C)CC(C)(C)c1cc(C(=O)O)c([O-])c(-c2ccccc2)c1.CC(C)(C)CC(C)(C)c1cc(C(=O)O)c([O-])c(-c2ccccc2)c1.[Zn+2]. The minimum atomic E-state index is -1.18. The number of carboxylic acids is 2. The Hall–Kier alpha value is -3.96. The average molecular weight is 716 g/mol. The third kappa shape index (κ3) is 11.0. The molecule has 0 aliphatic heterocycles. The molecule has 0 aliphatic carbocycles. The van der Waals surface area contributed by atoms with Gasteiger partial charge in [0.1, 0.15) is 0 Å². The normalized spacial score (nSPS) is 12.0. The zero-order valence-electron chi connectivity index (χ0n) is 30.7. The van der Waals surface area contributed by atoms with Crippen molar-refractivity contribution in [3.05, 3.63) is 107 Å². The first kappa shape index (κ1) is 41.2. The van der Waals surface area contributed by atoms with E-state index in [1.54, 1.807) is 12.1 Å². The first-order valence-corrected chi connectivity index (χ1v) is 16.3. The molecule has 0 radical (unpaired) electrons. The number of aromatic carboxylic acids is 2. The van der Waals surface area contributed by atoms with Gasteiger partial charge in [0.05, 0.1) is 11.1 Å². The van der Waals surface area contributed by atoms with E-state index < -0.39 is 23.4 Å². The summed E-state index contributed by atoms with van der Waals surface area (Å²) >= 11 is 0. The number of carbonyl (C=O) groups is 2. The van der Waals surface area contributed by atoms with Crippen LogP contribution in [0, 0.1) is 10.8 Å². The van der Waals surface area contributed by atoms with E-state index in [1.165, 1.54) is 0 Å². The molecule has 0 amide bonds. The number of hydrogen-bond acceptors (Lipinski definition) is 4. The molecule has 6 nitrogen and oxygen atoms in total. The fourth-order valence-corrected chi connectivity index (χ4v) is 6.88. The van der Waals surface area contributed by atoms with Gasteiger partial charge in [-0.1, -0.05) is 154 Å². The van der Waals surface area contributed by atoms with Crippen LogP contribution in [-0.2, 0) is 30.3 Å². The number of carboxylic acid groups (broad SMARTS) is 2. The second kappa shape index (κ2) is 15.7. The summed E-state index contributed by atoms with van der Waals surface area (Å²) in [6.07, 6.45) is 1.76. The molecule has 0 unspecified atom stereocenters. The minimum absolute atomic E-state index is 0. The van der Waals surface area contributed by atoms with Crippen molar-refractivity contribution in [2.45, 2.75) is 92.9 Å². The Morgan fingerprint density at radius 1 is 0.531 bits per heavy atom. The molecule has 4 aromatic carbocycles. The van der Waals surface area contributed by atoms with Crippen molar-refractivity contribution in [3.8, 4) is 33.8 Å². The van der Waals surface area contributed by atoms with Crippen molar-refractivity contribution in [2.75, 3.05) is 0 Å². The van der Waals surface area contributed by atoms with Gasteiger partial charge < -0.3 is 20.4 Å². The van der Waals surface area contributed by atoms with Crippen LogP contribution in [0.1, 0.15) is 114 Å². The van der Waals surface area contributed by atoms with Crippen LogP contribution in [0.3, 0.4) is 0 Å². The van der Waals surface area contributed by atoms with Gasteiger partial charge in [-0.2, -0.15) is 0 Å². The minimum Gasteiger partial charge on any atom is -0.871 e. The van der Waals surface area contributed by atoms with Crippen LogP contribution in [0.4, 0.5) is 0 Å². The summed E-state index contributed by atoms with van der Waals surface area (Å²) < 4.78 is 0. The smallest absolute Gasteiger partial charge is 0.871 e. The first-order chi connectivity index (χ1) is 22.0. The number of hydrogen-bond donors (Lipinski definition) is 2. The van der Waals surface area contributed by atoms with Crippen molar-refractivity contribution in [2.24, 2.45) is 10.8 Å². The molecule has 0 heterocycles. The van der Waals surface area contributed by atoms with Gasteiger partial charge >= 0.3 is 31.4 Å². The van der Waals surface area contributed by atoms with Gasteiger partial charge in [0, 0.05) is 0 Å². The van der Waals surface area contributed by atoms with Gasteiger partial charge in [0.15, 0.2) is 0 Å². The molecule has 256 valence electrons. The van der Waals surface area contributed by atoms with Crippen molar-refractivity contribution in [1.29, 1.82) is 0 Å². The Morgan fingerprint density at radius 2 is 0.816 bits per heavy atom.